The van der Waals surface area contributed by atoms with Crippen molar-refractivity contribution < 1.29 is 9.53 Å². The van der Waals surface area contributed by atoms with Crippen LogP contribution in [-0.2, 0) is 13.5 Å². The van der Waals surface area contributed by atoms with Crippen LogP contribution in [0.3, 0.4) is 0 Å². The van der Waals surface area contributed by atoms with Gasteiger partial charge in [0.25, 0.3) is 0 Å². The number of nitrogens with zero attached hydrogens (tertiary/aromatic N) is 4. The molecule has 0 unspecified atom stereocenters. The second-order valence-corrected chi connectivity index (χ2v) is 5.05. The fourth-order valence-corrected chi connectivity index (χ4v) is 2.21. The predicted octanol–water partition coefficient (Wildman–Crippen LogP) is 1.93. The minimum absolute atomic E-state index is 0.187. The molecule has 0 aliphatic carbocycles. The zero-order valence-electron chi connectivity index (χ0n) is 12.5. The molecule has 0 spiro atoms. The van der Waals surface area contributed by atoms with E-state index in [2.05, 4.69) is 15.1 Å². The molecule has 3 aromatic heterocycles. The standard InChI is InChI=1S/C16H15N5O2/c1-21-10-13(9-20-21)14-7-11(4-5-18-14)6-12-2-3-15(19-8-12)23-16(17)22/h2-5,7-10H,6H2,1H3,(H2,17,22). The summed E-state index contributed by atoms with van der Waals surface area (Å²) < 4.78 is 6.45. The number of nitrogens with two attached hydrogens (primary N) is 1. The van der Waals surface area contributed by atoms with Crippen molar-refractivity contribution in [3.8, 4) is 17.1 Å². The highest BCUT2D eigenvalue weighted by atomic mass is 16.6. The highest BCUT2D eigenvalue weighted by molar-refractivity contribution is 5.67. The third-order valence-corrected chi connectivity index (χ3v) is 3.24. The van der Waals surface area contributed by atoms with Gasteiger partial charge in [-0.25, -0.2) is 9.78 Å². The van der Waals surface area contributed by atoms with E-state index in [1.165, 1.54) is 0 Å². The predicted molar refractivity (Wildman–Crippen MR) is 83.7 cm³/mol. The summed E-state index contributed by atoms with van der Waals surface area (Å²) >= 11 is 0. The van der Waals surface area contributed by atoms with Crippen molar-refractivity contribution in [3.05, 3.63) is 60.2 Å². The fraction of sp³-hybridized carbons (Fsp3) is 0.125. The van der Waals surface area contributed by atoms with Crippen molar-refractivity contribution in [2.24, 2.45) is 12.8 Å². The summed E-state index contributed by atoms with van der Waals surface area (Å²) in [5.41, 5.74) is 8.88. The number of ether oxygens (including phenoxy) is 1. The molecule has 0 radical (unpaired) electrons. The number of carbonyl (C=O) groups excluding carboxylic acids is 1. The lowest BCUT2D eigenvalue weighted by atomic mass is 10.1. The molecule has 0 saturated heterocycles. The minimum atomic E-state index is -0.875. The molecule has 1 amide bonds. The van der Waals surface area contributed by atoms with E-state index in [9.17, 15) is 4.79 Å². The van der Waals surface area contributed by atoms with Gasteiger partial charge in [0, 0.05) is 37.3 Å². The molecule has 0 aromatic carbocycles. The highest BCUT2D eigenvalue weighted by Crippen LogP contribution is 2.19. The Morgan fingerprint density at radius 3 is 2.74 bits per heavy atom. The number of primary amides is 1. The van der Waals surface area contributed by atoms with Crippen molar-refractivity contribution in [1.82, 2.24) is 19.7 Å². The molecule has 7 heteroatoms. The summed E-state index contributed by atoms with van der Waals surface area (Å²) in [5, 5.41) is 4.15. The van der Waals surface area contributed by atoms with E-state index in [0.29, 0.717) is 6.42 Å². The van der Waals surface area contributed by atoms with Crippen molar-refractivity contribution in [2.45, 2.75) is 6.42 Å². The lowest BCUT2D eigenvalue weighted by Gasteiger charge is -2.05. The third-order valence-electron chi connectivity index (χ3n) is 3.24. The van der Waals surface area contributed by atoms with Gasteiger partial charge in [0.2, 0.25) is 5.88 Å². The van der Waals surface area contributed by atoms with Crippen molar-refractivity contribution in [1.29, 1.82) is 0 Å². The second-order valence-electron chi connectivity index (χ2n) is 5.05. The van der Waals surface area contributed by atoms with Crippen LogP contribution in [0.2, 0.25) is 0 Å². The van der Waals surface area contributed by atoms with Gasteiger partial charge in [-0.15, -0.1) is 0 Å². The smallest absolute Gasteiger partial charge is 0.391 e. The Bertz CT molecular complexity index is 826. The monoisotopic (exact) mass is 309 g/mol. The molecule has 23 heavy (non-hydrogen) atoms. The third kappa shape index (κ3) is 3.70. The van der Waals surface area contributed by atoms with Crippen LogP contribution >= 0.6 is 0 Å². The first kappa shape index (κ1) is 14.7. The molecule has 116 valence electrons. The number of carbonyl (C=O) groups is 1. The molecule has 0 atom stereocenters. The Balaban J connectivity index is 1.76. The lowest BCUT2D eigenvalue weighted by Crippen LogP contribution is -2.16. The Hall–Kier alpha value is -3.22. The molecule has 0 aliphatic heterocycles. The number of aryl methyl sites for hydroxylation is 1. The number of aromatic nitrogens is 4. The first-order valence-corrected chi connectivity index (χ1v) is 6.96. The summed E-state index contributed by atoms with van der Waals surface area (Å²) in [6.45, 7) is 0. The maximum atomic E-state index is 10.7. The molecule has 0 saturated carbocycles. The van der Waals surface area contributed by atoms with Crippen LogP contribution in [0, 0.1) is 0 Å². The van der Waals surface area contributed by atoms with Crippen LogP contribution in [0.1, 0.15) is 11.1 Å². The second kappa shape index (κ2) is 6.27. The van der Waals surface area contributed by atoms with E-state index in [0.717, 1.165) is 22.4 Å². The van der Waals surface area contributed by atoms with Gasteiger partial charge in [0.1, 0.15) is 0 Å². The molecule has 0 bridgehead atoms. The summed E-state index contributed by atoms with van der Waals surface area (Å²) in [4.78, 5) is 19.1. The zero-order chi connectivity index (χ0) is 16.2. The van der Waals surface area contributed by atoms with Gasteiger partial charge in [-0.05, 0) is 29.7 Å². The first-order valence-electron chi connectivity index (χ1n) is 6.96. The number of pyridine rings is 2. The van der Waals surface area contributed by atoms with Crippen LogP contribution < -0.4 is 10.5 Å². The van der Waals surface area contributed by atoms with Crippen LogP contribution in [0.15, 0.2) is 49.1 Å². The summed E-state index contributed by atoms with van der Waals surface area (Å²) in [5.74, 6) is 0.187. The minimum Gasteiger partial charge on any atom is -0.391 e. The van der Waals surface area contributed by atoms with Crippen molar-refractivity contribution in [2.75, 3.05) is 0 Å². The molecule has 3 heterocycles. The molecule has 3 rings (SSSR count). The topological polar surface area (TPSA) is 95.9 Å². The highest BCUT2D eigenvalue weighted by Gasteiger charge is 2.05. The fourth-order valence-electron chi connectivity index (χ4n) is 2.21. The Kier molecular flexibility index (Phi) is 4.01. The van der Waals surface area contributed by atoms with Gasteiger partial charge in [0.05, 0.1) is 11.9 Å². The van der Waals surface area contributed by atoms with Gasteiger partial charge in [0.15, 0.2) is 0 Å². The number of hydrogen-bond donors (Lipinski definition) is 1. The van der Waals surface area contributed by atoms with E-state index in [-0.39, 0.29) is 5.88 Å². The number of hydrogen-bond acceptors (Lipinski definition) is 5. The van der Waals surface area contributed by atoms with Crippen molar-refractivity contribution >= 4 is 6.09 Å². The van der Waals surface area contributed by atoms with E-state index < -0.39 is 6.09 Å². The maximum absolute atomic E-state index is 10.7. The summed E-state index contributed by atoms with van der Waals surface area (Å²) in [6, 6.07) is 7.43. The molecule has 0 aliphatic rings. The van der Waals surface area contributed by atoms with Gasteiger partial charge in [-0.1, -0.05) is 6.07 Å². The lowest BCUT2D eigenvalue weighted by molar-refractivity contribution is 0.209. The summed E-state index contributed by atoms with van der Waals surface area (Å²) in [7, 11) is 1.87. The average molecular weight is 309 g/mol. The SMILES string of the molecule is Cn1cc(-c2cc(Cc3ccc(OC(N)=O)nc3)ccn2)cn1. The van der Waals surface area contributed by atoms with E-state index in [4.69, 9.17) is 10.5 Å². The van der Waals surface area contributed by atoms with Crippen LogP contribution in [-0.4, -0.2) is 25.8 Å². The number of amides is 1. The molecule has 3 aromatic rings. The van der Waals surface area contributed by atoms with Gasteiger partial charge < -0.3 is 10.5 Å². The normalized spacial score (nSPS) is 10.5. The maximum Gasteiger partial charge on any atom is 0.411 e. The molecule has 7 nitrogen and oxygen atoms in total. The average Bonchev–Trinajstić information content (AvgIpc) is 2.96. The van der Waals surface area contributed by atoms with E-state index in [1.54, 1.807) is 29.3 Å². The quantitative estimate of drug-likeness (QED) is 0.794. The van der Waals surface area contributed by atoms with E-state index in [1.807, 2.05) is 31.4 Å². The van der Waals surface area contributed by atoms with Gasteiger partial charge in [-0.3, -0.25) is 9.67 Å². The zero-order valence-corrected chi connectivity index (χ0v) is 12.5. The van der Waals surface area contributed by atoms with Crippen molar-refractivity contribution in [3.63, 3.8) is 0 Å². The van der Waals surface area contributed by atoms with Crippen LogP contribution in [0.5, 0.6) is 5.88 Å². The Labute approximate surface area is 132 Å². The van der Waals surface area contributed by atoms with E-state index >= 15 is 0 Å². The molecule has 2 N–H and O–H groups in total. The van der Waals surface area contributed by atoms with Gasteiger partial charge >= 0.3 is 6.09 Å². The van der Waals surface area contributed by atoms with Gasteiger partial charge in [-0.2, -0.15) is 5.10 Å². The number of rotatable bonds is 4. The molecular formula is C16H15N5O2. The first-order chi connectivity index (χ1) is 11.1. The summed E-state index contributed by atoms with van der Waals surface area (Å²) in [6.07, 6.45) is 6.95. The molecule has 0 fully saturated rings. The van der Waals surface area contributed by atoms with Crippen LogP contribution in [0.4, 0.5) is 4.79 Å². The largest absolute Gasteiger partial charge is 0.411 e. The molecular weight excluding hydrogens is 294 g/mol. The van der Waals surface area contributed by atoms with Crippen LogP contribution in [0.25, 0.3) is 11.3 Å². The Morgan fingerprint density at radius 1 is 1.22 bits per heavy atom. The Morgan fingerprint density at radius 2 is 2.09 bits per heavy atom.